The number of rotatable bonds is 3. The third-order valence-corrected chi connectivity index (χ3v) is 3.21. The minimum absolute atomic E-state index is 0.0525. The van der Waals surface area contributed by atoms with Crippen LogP contribution in [0.25, 0.3) is 22.6 Å². The zero-order chi connectivity index (χ0) is 15.0. The number of ether oxygens (including phenoxy) is 1. The van der Waals surface area contributed by atoms with E-state index in [-0.39, 0.29) is 5.69 Å². The van der Waals surface area contributed by atoms with Crippen LogP contribution in [0.2, 0.25) is 5.02 Å². The van der Waals surface area contributed by atoms with Gasteiger partial charge in [-0.05, 0) is 24.3 Å². The lowest BCUT2D eigenvalue weighted by Gasteiger charge is -2.04. The maximum Gasteiger partial charge on any atom is 0.273 e. The Morgan fingerprint density at radius 3 is 2.81 bits per heavy atom. The summed E-state index contributed by atoms with van der Waals surface area (Å²) in [7, 11) is 1.53. The summed E-state index contributed by atoms with van der Waals surface area (Å²) in [6.45, 7) is 0. The Labute approximate surface area is 124 Å². The highest BCUT2D eigenvalue weighted by molar-refractivity contribution is 6.30. The van der Waals surface area contributed by atoms with Crippen molar-refractivity contribution in [2.75, 3.05) is 7.11 Å². The highest BCUT2D eigenvalue weighted by atomic mass is 35.5. The highest BCUT2D eigenvalue weighted by Gasteiger charge is 2.16. The average Bonchev–Trinajstić information content (AvgIpc) is 2.89. The van der Waals surface area contributed by atoms with Crippen LogP contribution in [0.5, 0.6) is 5.75 Å². The molecule has 0 spiro atoms. The van der Waals surface area contributed by atoms with E-state index < -0.39 is 4.92 Å². The molecule has 0 aliphatic heterocycles. The van der Waals surface area contributed by atoms with Crippen molar-refractivity contribution in [3.8, 4) is 17.2 Å². The lowest BCUT2D eigenvalue weighted by molar-refractivity contribution is -0.384. The Hall–Kier alpha value is -2.60. The van der Waals surface area contributed by atoms with Crippen LogP contribution < -0.4 is 4.74 Å². The quantitative estimate of drug-likeness (QED) is 0.538. The average molecular weight is 305 g/mol. The van der Waals surface area contributed by atoms with Gasteiger partial charge in [0.15, 0.2) is 5.58 Å². The summed E-state index contributed by atoms with van der Waals surface area (Å²) < 4.78 is 10.8. The minimum Gasteiger partial charge on any atom is -0.496 e. The molecule has 0 N–H and O–H groups in total. The second-order valence-electron chi connectivity index (χ2n) is 4.27. The molecule has 0 fully saturated rings. The lowest BCUT2D eigenvalue weighted by Crippen LogP contribution is -1.87. The van der Waals surface area contributed by atoms with Crippen LogP contribution in [-0.4, -0.2) is 17.0 Å². The molecular weight excluding hydrogens is 296 g/mol. The molecule has 0 bridgehead atoms. The zero-order valence-corrected chi connectivity index (χ0v) is 11.6. The van der Waals surface area contributed by atoms with Crippen molar-refractivity contribution in [1.82, 2.24) is 4.98 Å². The molecule has 0 aliphatic rings. The molecule has 1 aromatic heterocycles. The molecule has 21 heavy (non-hydrogen) atoms. The van der Waals surface area contributed by atoms with E-state index in [1.807, 2.05) is 0 Å². The molecule has 3 rings (SSSR count). The monoisotopic (exact) mass is 304 g/mol. The van der Waals surface area contributed by atoms with E-state index in [1.165, 1.54) is 25.3 Å². The van der Waals surface area contributed by atoms with E-state index in [0.29, 0.717) is 33.3 Å². The number of benzene rings is 2. The summed E-state index contributed by atoms with van der Waals surface area (Å²) in [4.78, 5) is 14.6. The normalized spacial score (nSPS) is 10.8. The molecule has 0 radical (unpaired) electrons. The molecular formula is C14H9ClN2O4. The summed E-state index contributed by atoms with van der Waals surface area (Å²) in [6.07, 6.45) is 0. The van der Waals surface area contributed by atoms with Crippen molar-refractivity contribution >= 4 is 28.4 Å². The number of methoxy groups -OCH3 is 1. The Kier molecular flexibility index (Phi) is 3.23. The number of nitrogens with zero attached hydrogens (tertiary/aromatic N) is 2. The molecule has 0 saturated carbocycles. The van der Waals surface area contributed by atoms with Crippen molar-refractivity contribution in [3.05, 3.63) is 51.5 Å². The van der Waals surface area contributed by atoms with Crippen LogP contribution in [0.3, 0.4) is 0 Å². The molecule has 0 saturated heterocycles. The second kappa shape index (κ2) is 5.06. The maximum atomic E-state index is 10.8. The van der Waals surface area contributed by atoms with E-state index in [0.717, 1.165) is 0 Å². The topological polar surface area (TPSA) is 78.4 Å². The summed E-state index contributed by atoms with van der Waals surface area (Å²) in [5.74, 6) is 0.852. The fraction of sp³-hybridized carbons (Fsp3) is 0.0714. The Balaban J connectivity index is 2.17. The molecule has 6 nitrogen and oxygen atoms in total. The van der Waals surface area contributed by atoms with E-state index >= 15 is 0 Å². The summed E-state index contributed by atoms with van der Waals surface area (Å²) in [6, 6.07) is 9.32. The van der Waals surface area contributed by atoms with Crippen LogP contribution in [0, 0.1) is 10.1 Å². The summed E-state index contributed by atoms with van der Waals surface area (Å²) in [5.41, 5.74) is 1.39. The molecule has 7 heteroatoms. The molecule has 0 atom stereocenters. The van der Waals surface area contributed by atoms with Gasteiger partial charge in [0.1, 0.15) is 11.3 Å². The first kappa shape index (κ1) is 13.4. The predicted octanol–water partition coefficient (Wildman–Crippen LogP) is 4.07. The number of nitro groups is 1. The Bertz CT molecular complexity index is 844. The van der Waals surface area contributed by atoms with Gasteiger partial charge < -0.3 is 9.15 Å². The van der Waals surface area contributed by atoms with Gasteiger partial charge in [-0.2, -0.15) is 0 Å². The number of oxazole rings is 1. The number of halogens is 1. The smallest absolute Gasteiger partial charge is 0.273 e. The van der Waals surface area contributed by atoms with E-state index in [9.17, 15) is 10.1 Å². The van der Waals surface area contributed by atoms with E-state index in [2.05, 4.69) is 4.98 Å². The molecule has 1 heterocycles. The number of nitro benzene ring substituents is 1. The van der Waals surface area contributed by atoms with Gasteiger partial charge in [0, 0.05) is 11.1 Å². The molecule has 3 aromatic rings. The number of non-ortho nitro benzene ring substituents is 1. The molecule has 0 amide bonds. The van der Waals surface area contributed by atoms with Crippen LogP contribution in [0.4, 0.5) is 5.69 Å². The first-order valence-electron chi connectivity index (χ1n) is 5.97. The summed E-state index contributed by atoms with van der Waals surface area (Å²) in [5, 5.41) is 11.3. The molecule has 106 valence electrons. The first-order chi connectivity index (χ1) is 10.1. The second-order valence-corrected chi connectivity index (χ2v) is 4.71. The van der Waals surface area contributed by atoms with Crippen LogP contribution in [-0.2, 0) is 0 Å². The lowest BCUT2D eigenvalue weighted by atomic mass is 10.2. The van der Waals surface area contributed by atoms with Gasteiger partial charge in [-0.3, -0.25) is 10.1 Å². The fourth-order valence-electron chi connectivity index (χ4n) is 1.99. The SMILES string of the molecule is COc1ccc(Cl)cc1-c1nc2ccc([N+](=O)[O-])cc2o1. The van der Waals surface area contributed by atoms with E-state index in [1.54, 1.807) is 18.2 Å². The van der Waals surface area contributed by atoms with E-state index in [4.69, 9.17) is 20.8 Å². The fourth-order valence-corrected chi connectivity index (χ4v) is 2.16. The Morgan fingerprint density at radius 1 is 1.29 bits per heavy atom. The highest BCUT2D eigenvalue weighted by Crippen LogP contribution is 2.34. The number of fused-ring (bicyclic) bond motifs is 1. The number of aromatic nitrogens is 1. The van der Waals surface area contributed by atoms with Gasteiger partial charge in [0.25, 0.3) is 5.69 Å². The largest absolute Gasteiger partial charge is 0.496 e. The maximum absolute atomic E-state index is 10.8. The zero-order valence-electron chi connectivity index (χ0n) is 10.9. The van der Waals surface area contributed by atoms with Gasteiger partial charge >= 0.3 is 0 Å². The van der Waals surface area contributed by atoms with Crippen molar-refractivity contribution in [2.24, 2.45) is 0 Å². The van der Waals surface area contributed by atoms with Gasteiger partial charge in [0.2, 0.25) is 5.89 Å². The minimum atomic E-state index is -0.485. The number of hydrogen-bond acceptors (Lipinski definition) is 5. The standard InChI is InChI=1S/C14H9ClN2O4/c1-20-12-5-2-8(15)6-10(12)14-16-11-4-3-9(17(18)19)7-13(11)21-14/h2-7H,1H3. The van der Waals surface area contributed by atoms with Crippen LogP contribution in [0.15, 0.2) is 40.8 Å². The van der Waals surface area contributed by atoms with Gasteiger partial charge in [-0.1, -0.05) is 11.6 Å². The van der Waals surface area contributed by atoms with Gasteiger partial charge in [-0.25, -0.2) is 4.98 Å². The Morgan fingerprint density at radius 2 is 2.10 bits per heavy atom. The van der Waals surface area contributed by atoms with Crippen molar-refractivity contribution in [2.45, 2.75) is 0 Å². The van der Waals surface area contributed by atoms with Crippen molar-refractivity contribution < 1.29 is 14.1 Å². The molecule has 2 aromatic carbocycles. The summed E-state index contributed by atoms with van der Waals surface area (Å²) >= 11 is 5.97. The first-order valence-corrected chi connectivity index (χ1v) is 6.35. The van der Waals surface area contributed by atoms with Crippen LogP contribution >= 0.6 is 11.6 Å². The van der Waals surface area contributed by atoms with Crippen molar-refractivity contribution in [1.29, 1.82) is 0 Å². The third kappa shape index (κ3) is 2.41. The van der Waals surface area contributed by atoms with Gasteiger partial charge in [0.05, 0.1) is 23.7 Å². The van der Waals surface area contributed by atoms with Gasteiger partial charge in [-0.15, -0.1) is 0 Å². The third-order valence-electron chi connectivity index (χ3n) is 2.97. The van der Waals surface area contributed by atoms with Crippen molar-refractivity contribution in [3.63, 3.8) is 0 Å². The number of hydrogen-bond donors (Lipinski definition) is 0. The van der Waals surface area contributed by atoms with Crippen LogP contribution in [0.1, 0.15) is 0 Å². The predicted molar refractivity (Wildman–Crippen MR) is 77.7 cm³/mol. The molecule has 0 unspecified atom stereocenters. The molecule has 0 aliphatic carbocycles.